The second-order valence-electron chi connectivity index (χ2n) is 8.26. The molecule has 0 bridgehead atoms. The number of rotatable bonds is 6. The largest absolute Gasteiger partial charge is 0.339 e. The Bertz CT molecular complexity index is 847. The van der Waals surface area contributed by atoms with E-state index in [0.29, 0.717) is 36.8 Å². The molecule has 4 rings (SSSR count). The molecular formula is C23H29ClFN5O. The Kier molecular flexibility index (Phi) is 7.50. The van der Waals surface area contributed by atoms with Gasteiger partial charge in [0.1, 0.15) is 5.82 Å². The highest BCUT2D eigenvalue weighted by molar-refractivity contribution is 6.31. The highest BCUT2D eigenvalue weighted by atomic mass is 35.5. The van der Waals surface area contributed by atoms with Crippen LogP contribution in [-0.4, -0.2) is 89.4 Å². The molecule has 0 aliphatic carbocycles. The molecular weight excluding hydrogens is 417 g/mol. The van der Waals surface area contributed by atoms with Gasteiger partial charge in [0.05, 0.1) is 6.54 Å². The van der Waals surface area contributed by atoms with Crippen molar-refractivity contribution in [2.24, 2.45) is 0 Å². The Morgan fingerprint density at radius 2 is 1.48 bits per heavy atom. The van der Waals surface area contributed by atoms with Crippen LogP contribution in [0.15, 0.2) is 42.7 Å². The summed E-state index contributed by atoms with van der Waals surface area (Å²) in [4.78, 5) is 25.6. The number of carbonyl (C=O) groups excluding carboxylic acids is 1. The molecule has 0 atom stereocenters. The smallest absolute Gasteiger partial charge is 0.236 e. The van der Waals surface area contributed by atoms with E-state index in [2.05, 4.69) is 31.8 Å². The standard InChI is InChI=1S/C23H29ClFN5O/c24-21-2-1-3-22(25)20(21)17-28-12-14-30(15-13-28)23(31)18-29-10-8-27(9-11-29)16-19-4-6-26-7-5-19/h1-7H,8-18H2. The molecule has 2 aromatic rings. The van der Waals surface area contributed by atoms with Gasteiger partial charge in [-0.3, -0.25) is 24.5 Å². The van der Waals surface area contributed by atoms with Crippen LogP contribution in [0.3, 0.4) is 0 Å². The Hall–Kier alpha value is -2.06. The summed E-state index contributed by atoms with van der Waals surface area (Å²) >= 11 is 6.15. The van der Waals surface area contributed by atoms with Crippen molar-refractivity contribution in [3.05, 3.63) is 64.7 Å². The third kappa shape index (κ3) is 6.01. The van der Waals surface area contributed by atoms with Crippen LogP contribution in [0.25, 0.3) is 0 Å². The summed E-state index contributed by atoms with van der Waals surface area (Å²) in [6.07, 6.45) is 3.66. The van der Waals surface area contributed by atoms with Crippen LogP contribution in [0.1, 0.15) is 11.1 Å². The minimum absolute atomic E-state index is 0.186. The number of benzene rings is 1. The first-order valence-electron chi connectivity index (χ1n) is 10.8. The van der Waals surface area contributed by atoms with E-state index in [1.165, 1.54) is 11.6 Å². The van der Waals surface area contributed by atoms with E-state index in [1.807, 2.05) is 17.3 Å². The van der Waals surface area contributed by atoms with Gasteiger partial charge in [-0.1, -0.05) is 17.7 Å². The maximum Gasteiger partial charge on any atom is 0.236 e. The number of nitrogens with zero attached hydrogens (tertiary/aromatic N) is 5. The number of aromatic nitrogens is 1. The number of hydrogen-bond donors (Lipinski definition) is 0. The topological polar surface area (TPSA) is 42.9 Å². The second kappa shape index (κ2) is 10.5. The van der Waals surface area contributed by atoms with Crippen LogP contribution in [-0.2, 0) is 17.9 Å². The third-order valence-corrected chi connectivity index (χ3v) is 6.50. The minimum Gasteiger partial charge on any atom is -0.339 e. The normalized spacial score (nSPS) is 19.0. The van der Waals surface area contributed by atoms with Crippen LogP contribution < -0.4 is 0 Å². The molecule has 1 aromatic heterocycles. The number of hydrogen-bond acceptors (Lipinski definition) is 5. The molecule has 6 nitrogen and oxygen atoms in total. The lowest BCUT2D eigenvalue weighted by Gasteiger charge is -2.38. The quantitative estimate of drug-likeness (QED) is 0.682. The summed E-state index contributed by atoms with van der Waals surface area (Å²) in [6.45, 7) is 8.43. The summed E-state index contributed by atoms with van der Waals surface area (Å²) in [5, 5.41) is 0.460. The maximum absolute atomic E-state index is 14.0. The minimum atomic E-state index is -0.269. The van der Waals surface area contributed by atoms with Crippen LogP contribution >= 0.6 is 11.6 Å². The first-order valence-corrected chi connectivity index (χ1v) is 11.2. The van der Waals surface area contributed by atoms with Crippen LogP contribution in [0, 0.1) is 5.82 Å². The highest BCUT2D eigenvalue weighted by Gasteiger charge is 2.25. The molecule has 2 aliphatic heterocycles. The van der Waals surface area contributed by atoms with Gasteiger partial charge in [-0.05, 0) is 29.8 Å². The fourth-order valence-electron chi connectivity index (χ4n) is 4.21. The third-order valence-electron chi connectivity index (χ3n) is 6.15. The summed E-state index contributed by atoms with van der Waals surface area (Å²) in [7, 11) is 0. The average Bonchev–Trinajstić information content (AvgIpc) is 2.79. The van der Waals surface area contributed by atoms with Gasteiger partial charge in [-0.25, -0.2) is 4.39 Å². The van der Waals surface area contributed by atoms with E-state index in [0.717, 1.165) is 45.8 Å². The first-order chi connectivity index (χ1) is 15.1. The van der Waals surface area contributed by atoms with E-state index >= 15 is 0 Å². The van der Waals surface area contributed by atoms with E-state index in [9.17, 15) is 9.18 Å². The molecule has 0 radical (unpaired) electrons. The molecule has 0 unspecified atom stereocenters. The van der Waals surface area contributed by atoms with E-state index in [-0.39, 0.29) is 11.7 Å². The van der Waals surface area contributed by atoms with Crippen LogP contribution in [0.2, 0.25) is 5.02 Å². The van der Waals surface area contributed by atoms with Crippen molar-refractivity contribution in [1.82, 2.24) is 24.6 Å². The highest BCUT2D eigenvalue weighted by Crippen LogP contribution is 2.21. The van der Waals surface area contributed by atoms with Crippen molar-refractivity contribution in [2.75, 3.05) is 58.9 Å². The number of halogens is 2. The van der Waals surface area contributed by atoms with Crippen molar-refractivity contribution >= 4 is 17.5 Å². The molecule has 0 spiro atoms. The lowest BCUT2D eigenvalue weighted by molar-refractivity contribution is -0.134. The monoisotopic (exact) mass is 445 g/mol. The van der Waals surface area contributed by atoms with E-state index < -0.39 is 0 Å². The molecule has 2 aliphatic rings. The molecule has 1 aromatic carbocycles. The zero-order valence-corrected chi connectivity index (χ0v) is 18.5. The molecule has 31 heavy (non-hydrogen) atoms. The lowest BCUT2D eigenvalue weighted by atomic mass is 10.1. The summed E-state index contributed by atoms with van der Waals surface area (Å²) in [5.74, 6) is -0.0831. The molecule has 2 saturated heterocycles. The number of amides is 1. The zero-order valence-electron chi connectivity index (χ0n) is 17.7. The van der Waals surface area contributed by atoms with Gasteiger partial charge in [0.15, 0.2) is 0 Å². The molecule has 1 amide bonds. The zero-order chi connectivity index (χ0) is 21.6. The maximum atomic E-state index is 14.0. The molecule has 8 heteroatoms. The fourth-order valence-corrected chi connectivity index (χ4v) is 4.43. The van der Waals surface area contributed by atoms with Gasteiger partial charge >= 0.3 is 0 Å². The van der Waals surface area contributed by atoms with Crippen LogP contribution in [0.4, 0.5) is 4.39 Å². The molecule has 2 fully saturated rings. The van der Waals surface area contributed by atoms with Crippen LogP contribution in [0.5, 0.6) is 0 Å². The Labute approximate surface area is 188 Å². The molecule has 0 N–H and O–H groups in total. The van der Waals surface area contributed by atoms with Gasteiger partial charge in [0.25, 0.3) is 0 Å². The van der Waals surface area contributed by atoms with Crippen molar-refractivity contribution in [1.29, 1.82) is 0 Å². The number of pyridine rings is 1. The van der Waals surface area contributed by atoms with Crippen molar-refractivity contribution in [3.63, 3.8) is 0 Å². The van der Waals surface area contributed by atoms with Gasteiger partial charge in [-0.15, -0.1) is 0 Å². The van der Waals surface area contributed by atoms with E-state index in [1.54, 1.807) is 12.1 Å². The van der Waals surface area contributed by atoms with E-state index in [4.69, 9.17) is 11.6 Å². The summed E-state index contributed by atoms with van der Waals surface area (Å²) in [5.41, 5.74) is 1.81. The number of piperazine rings is 2. The second-order valence-corrected chi connectivity index (χ2v) is 8.67. The fraction of sp³-hybridized carbons (Fsp3) is 0.478. The SMILES string of the molecule is O=C(CN1CCN(Cc2ccncc2)CC1)N1CCN(Cc2c(F)cccc2Cl)CC1. The van der Waals surface area contributed by atoms with Crippen molar-refractivity contribution < 1.29 is 9.18 Å². The van der Waals surface area contributed by atoms with Gasteiger partial charge in [0, 0.05) is 88.4 Å². The van der Waals surface area contributed by atoms with Gasteiger partial charge in [0.2, 0.25) is 5.91 Å². The Balaban J connectivity index is 1.18. The summed E-state index contributed by atoms with van der Waals surface area (Å²) in [6, 6.07) is 8.89. The van der Waals surface area contributed by atoms with Gasteiger partial charge < -0.3 is 4.90 Å². The van der Waals surface area contributed by atoms with Crippen molar-refractivity contribution in [2.45, 2.75) is 13.1 Å². The molecule has 0 saturated carbocycles. The number of carbonyl (C=O) groups is 1. The predicted octanol–water partition coefficient (Wildman–Crippen LogP) is 2.34. The molecule has 166 valence electrons. The Morgan fingerprint density at radius 3 is 2.16 bits per heavy atom. The average molecular weight is 446 g/mol. The van der Waals surface area contributed by atoms with Crippen molar-refractivity contribution in [3.8, 4) is 0 Å². The summed E-state index contributed by atoms with van der Waals surface area (Å²) < 4.78 is 14.0. The first kappa shape index (κ1) is 22.1. The Morgan fingerprint density at radius 1 is 0.871 bits per heavy atom. The van der Waals surface area contributed by atoms with Gasteiger partial charge in [-0.2, -0.15) is 0 Å². The predicted molar refractivity (Wildman–Crippen MR) is 119 cm³/mol. The lowest BCUT2D eigenvalue weighted by Crippen LogP contribution is -2.53. The molecule has 3 heterocycles.